The Morgan fingerprint density at radius 3 is 2.22 bits per heavy atom. The zero-order chi connectivity index (χ0) is 13.2. The number of carboxylic acids is 1. The van der Waals surface area contributed by atoms with Gasteiger partial charge in [-0.05, 0) is 18.6 Å². The summed E-state index contributed by atoms with van der Waals surface area (Å²) < 4.78 is 5.21. The molecule has 0 saturated carbocycles. The predicted molar refractivity (Wildman–Crippen MR) is 72.0 cm³/mol. The molecule has 3 nitrogen and oxygen atoms in total. The van der Waals surface area contributed by atoms with Crippen LogP contribution in [0.4, 0.5) is 0 Å². The highest BCUT2D eigenvalue weighted by atomic mass is 16.4. The van der Waals surface area contributed by atoms with E-state index in [1.807, 2.05) is 0 Å². The second kappa shape index (κ2) is 8.78. The minimum atomic E-state index is -0.989. The van der Waals surface area contributed by atoms with Crippen LogP contribution < -0.4 is 0 Å². The third-order valence-electron chi connectivity index (χ3n) is 3.15. The van der Waals surface area contributed by atoms with E-state index in [2.05, 4.69) is 6.92 Å². The van der Waals surface area contributed by atoms with Crippen molar-refractivity contribution in [3.05, 3.63) is 23.7 Å². The van der Waals surface area contributed by atoms with E-state index in [9.17, 15) is 4.79 Å². The Balaban J connectivity index is 2.02. The molecule has 0 unspecified atom stereocenters. The molecular weight excluding hydrogens is 228 g/mol. The number of hydrogen-bond donors (Lipinski definition) is 1. The van der Waals surface area contributed by atoms with E-state index in [0.29, 0.717) is 0 Å². The van der Waals surface area contributed by atoms with E-state index in [1.165, 1.54) is 51.0 Å². The Hall–Kier alpha value is -1.25. The van der Waals surface area contributed by atoms with Crippen LogP contribution in [0, 0.1) is 0 Å². The molecule has 3 heteroatoms. The molecule has 0 bridgehead atoms. The first-order chi connectivity index (χ1) is 8.74. The summed E-state index contributed by atoms with van der Waals surface area (Å²) >= 11 is 0. The number of furan rings is 1. The monoisotopic (exact) mass is 252 g/mol. The average molecular weight is 252 g/mol. The molecular formula is C15H24O3. The van der Waals surface area contributed by atoms with Crippen LogP contribution in [-0.4, -0.2) is 11.1 Å². The lowest BCUT2D eigenvalue weighted by molar-refractivity contribution is 0.0660. The first-order valence-electron chi connectivity index (χ1n) is 7.06. The summed E-state index contributed by atoms with van der Waals surface area (Å²) in [6.07, 6.45) is 11.1. The quantitative estimate of drug-likeness (QED) is 0.616. The van der Waals surface area contributed by atoms with Crippen molar-refractivity contribution in [3.63, 3.8) is 0 Å². The maximum Gasteiger partial charge on any atom is 0.371 e. The van der Waals surface area contributed by atoms with Crippen molar-refractivity contribution in [2.45, 2.75) is 64.7 Å². The zero-order valence-electron chi connectivity index (χ0n) is 11.3. The fourth-order valence-corrected chi connectivity index (χ4v) is 2.06. The van der Waals surface area contributed by atoms with Gasteiger partial charge in [-0.3, -0.25) is 0 Å². The molecule has 0 aliphatic rings. The Kier molecular flexibility index (Phi) is 7.23. The highest BCUT2D eigenvalue weighted by Crippen LogP contribution is 2.13. The second-order valence-electron chi connectivity index (χ2n) is 4.80. The third-order valence-corrected chi connectivity index (χ3v) is 3.15. The molecule has 18 heavy (non-hydrogen) atoms. The highest BCUT2D eigenvalue weighted by molar-refractivity contribution is 5.84. The molecule has 0 spiro atoms. The van der Waals surface area contributed by atoms with Gasteiger partial charge in [0.25, 0.3) is 0 Å². The van der Waals surface area contributed by atoms with Crippen LogP contribution in [-0.2, 0) is 6.42 Å². The third kappa shape index (κ3) is 5.89. The van der Waals surface area contributed by atoms with Crippen molar-refractivity contribution in [3.8, 4) is 0 Å². The maximum atomic E-state index is 10.6. The standard InChI is InChI=1S/C15H24O3/c1-2-3-4-5-6-7-8-9-10-13-11-12-14(18-13)15(16)17/h11-12H,2-10H2,1H3,(H,16,17). The molecule has 0 atom stereocenters. The van der Waals surface area contributed by atoms with Gasteiger partial charge in [-0.2, -0.15) is 0 Å². The molecule has 0 aliphatic carbocycles. The number of aryl methyl sites for hydroxylation is 1. The molecule has 1 N–H and O–H groups in total. The Bertz CT molecular complexity index is 341. The summed E-state index contributed by atoms with van der Waals surface area (Å²) in [7, 11) is 0. The van der Waals surface area contributed by atoms with Crippen molar-refractivity contribution in [1.29, 1.82) is 0 Å². The predicted octanol–water partition coefficient (Wildman–Crippen LogP) is 4.66. The van der Waals surface area contributed by atoms with Gasteiger partial charge >= 0.3 is 5.97 Å². The number of hydrogen-bond acceptors (Lipinski definition) is 2. The first-order valence-corrected chi connectivity index (χ1v) is 7.06. The molecule has 0 saturated heterocycles. The zero-order valence-corrected chi connectivity index (χ0v) is 11.3. The van der Waals surface area contributed by atoms with Crippen molar-refractivity contribution >= 4 is 5.97 Å². The van der Waals surface area contributed by atoms with Gasteiger partial charge in [0.2, 0.25) is 5.76 Å². The molecule has 102 valence electrons. The maximum absolute atomic E-state index is 10.6. The summed E-state index contributed by atoms with van der Waals surface area (Å²) in [6.45, 7) is 2.23. The minimum Gasteiger partial charge on any atom is -0.475 e. The normalized spacial score (nSPS) is 10.7. The van der Waals surface area contributed by atoms with E-state index >= 15 is 0 Å². The van der Waals surface area contributed by atoms with Crippen molar-refractivity contribution in [2.24, 2.45) is 0 Å². The summed E-state index contributed by atoms with van der Waals surface area (Å²) in [6, 6.07) is 3.30. The van der Waals surface area contributed by atoms with Crippen LogP contribution in [0.2, 0.25) is 0 Å². The van der Waals surface area contributed by atoms with Crippen LogP contribution in [0.25, 0.3) is 0 Å². The molecule has 1 rings (SSSR count). The lowest BCUT2D eigenvalue weighted by Crippen LogP contribution is -1.92. The van der Waals surface area contributed by atoms with E-state index < -0.39 is 5.97 Å². The lowest BCUT2D eigenvalue weighted by Gasteiger charge is -2.00. The molecule has 1 aromatic rings. The summed E-state index contributed by atoms with van der Waals surface area (Å²) in [5.74, 6) is -0.153. The van der Waals surface area contributed by atoms with E-state index in [0.717, 1.165) is 18.6 Å². The van der Waals surface area contributed by atoms with Gasteiger partial charge in [0.1, 0.15) is 5.76 Å². The smallest absolute Gasteiger partial charge is 0.371 e. The van der Waals surface area contributed by atoms with Crippen molar-refractivity contribution in [1.82, 2.24) is 0 Å². The van der Waals surface area contributed by atoms with Crippen LogP contribution in [0.5, 0.6) is 0 Å². The van der Waals surface area contributed by atoms with Gasteiger partial charge in [0.15, 0.2) is 0 Å². The van der Waals surface area contributed by atoms with Gasteiger partial charge in [0.05, 0.1) is 0 Å². The van der Waals surface area contributed by atoms with E-state index in [1.54, 1.807) is 6.07 Å². The number of carboxylic acid groups (broad SMARTS) is 1. The average Bonchev–Trinajstić information content (AvgIpc) is 2.81. The summed E-state index contributed by atoms with van der Waals surface area (Å²) in [5, 5.41) is 8.72. The number of unbranched alkanes of at least 4 members (excludes halogenated alkanes) is 7. The highest BCUT2D eigenvalue weighted by Gasteiger charge is 2.08. The SMILES string of the molecule is CCCCCCCCCCc1ccc(C(=O)O)o1. The van der Waals surface area contributed by atoms with Crippen LogP contribution in [0.3, 0.4) is 0 Å². The van der Waals surface area contributed by atoms with Crippen molar-refractivity contribution in [2.75, 3.05) is 0 Å². The Morgan fingerprint density at radius 1 is 1.06 bits per heavy atom. The molecule has 0 fully saturated rings. The lowest BCUT2D eigenvalue weighted by atomic mass is 10.1. The topological polar surface area (TPSA) is 50.4 Å². The van der Waals surface area contributed by atoms with Crippen LogP contribution >= 0.6 is 0 Å². The minimum absolute atomic E-state index is 0.0459. The van der Waals surface area contributed by atoms with E-state index in [4.69, 9.17) is 9.52 Å². The van der Waals surface area contributed by atoms with Gasteiger partial charge in [-0.1, -0.05) is 51.9 Å². The first kappa shape index (κ1) is 14.8. The largest absolute Gasteiger partial charge is 0.475 e. The van der Waals surface area contributed by atoms with Gasteiger partial charge in [0, 0.05) is 6.42 Å². The fraction of sp³-hybridized carbons (Fsp3) is 0.667. The fourth-order valence-electron chi connectivity index (χ4n) is 2.06. The van der Waals surface area contributed by atoms with E-state index in [-0.39, 0.29) is 5.76 Å². The molecule has 0 aliphatic heterocycles. The van der Waals surface area contributed by atoms with Crippen molar-refractivity contribution < 1.29 is 14.3 Å². The second-order valence-corrected chi connectivity index (χ2v) is 4.80. The number of aromatic carboxylic acids is 1. The number of carbonyl (C=O) groups is 1. The molecule has 0 radical (unpaired) electrons. The molecule has 1 heterocycles. The summed E-state index contributed by atoms with van der Waals surface area (Å²) in [4.78, 5) is 10.6. The number of rotatable bonds is 10. The van der Waals surface area contributed by atoms with Crippen LogP contribution in [0.1, 0.15) is 74.6 Å². The summed E-state index contributed by atoms with van der Waals surface area (Å²) in [5.41, 5.74) is 0. The molecule has 1 aromatic heterocycles. The molecule has 0 aromatic carbocycles. The Labute approximate surface area is 109 Å². The van der Waals surface area contributed by atoms with Gasteiger partial charge in [-0.25, -0.2) is 4.79 Å². The molecule has 0 amide bonds. The van der Waals surface area contributed by atoms with Gasteiger partial charge in [-0.15, -0.1) is 0 Å². The Morgan fingerprint density at radius 2 is 1.67 bits per heavy atom. The van der Waals surface area contributed by atoms with Crippen LogP contribution in [0.15, 0.2) is 16.5 Å². The van der Waals surface area contributed by atoms with Gasteiger partial charge < -0.3 is 9.52 Å².